The van der Waals surface area contributed by atoms with Gasteiger partial charge in [0.15, 0.2) is 0 Å². The van der Waals surface area contributed by atoms with E-state index in [2.05, 4.69) is 0 Å². The molecule has 134 valence electrons. The quantitative estimate of drug-likeness (QED) is 0.591. The lowest BCUT2D eigenvalue weighted by Crippen LogP contribution is -2.16. The highest BCUT2D eigenvalue weighted by atomic mass is 16.5. The van der Waals surface area contributed by atoms with Crippen LogP contribution in [0, 0.1) is 12.8 Å². The number of rotatable bonds is 7. The molecule has 0 aliphatic carbocycles. The second-order valence-corrected chi connectivity index (χ2v) is 6.08. The van der Waals surface area contributed by atoms with Crippen molar-refractivity contribution in [1.29, 1.82) is 0 Å². The molecule has 5 heteroatoms. The molecular weight excluding hydrogens is 320 g/mol. The highest BCUT2D eigenvalue weighted by molar-refractivity contribution is 5.74. The van der Waals surface area contributed by atoms with Gasteiger partial charge in [-0.25, -0.2) is 0 Å². The zero-order chi connectivity index (χ0) is 18.4. The van der Waals surface area contributed by atoms with E-state index in [1.54, 1.807) is 30.3 Å². The molecule has 0 aromatic heterocycles. The number of aromatic hydroxyl groups is 1. The van der Waals surface area contributed by atoms with Crippen molar-refractivity contribution in [1.82, 2.24) is 0 Å². The first-order valence-corrected chi connectivity index (χ1v) is 8.31. The molecule has 1 unspecified atom stereocenters. The van der Waals surface area contributed by atoms with Crippen molar-refractivity contribution in [3.8, 4) is 17.2 Å². The van der Waals surface area contributed by atoms with Gasteiger partial charge < -0.3 is 19.7 Å². The molecule has 25 heavy (non-hydrogen) atoms. The molecule has 5 nitrogen and oxygen atoms in total. The number of aryl methyl sites for hydroxylation is 1. The van der Waals surface area contributed by atoms with E-state index in [-0.39, 0.29) is 30.9 Å². The monoisotopic (exact) mass is 344 g/mol. The van der Waals surface area contributed by atoms with Crippen LogP contribution in [0.2, 0.25) is 0 Å². The van der Waals surface area contributed by atoms with Crippen molar-refractivity contribution in [2.75, 3.05) is 0 Å². The molecule has 0 aliphatic heterocycles. The Bertz CT molecular complexity index is 722. The van der Waals surface area contributed by atoms with Crippen molar-refractivity contribution in [3.63, 3.8) is 0 Å². The standard InChI is InChI=1S/C20H24O5/c1-4-14(3)20(23)25-18-7-5-17(6-8-18)24-12-16-10-13(2)9-15(11-21)19(16)22/h5-10,14,21-22H,4,11-12H2,1-3H3. The summed E-state index contributed by atoms with van der Waals surface area (Å²) in [6, 6.07) is 10.3. The van der Waals surface area contributed by atoms with Gasteiger partial charge in [0, 0.05) is 11.1 Å². The second kappa shape index (κ2) is 8.53. The van der Waals surface area contributed by atoms with E-state index in [1.807, 2.05) is 26.8 Å². The van der Waals surface area contributed by atoms with Gasteiger partial charge >= 0.3 is 5.97 Å². The Morgan fingerprint density at radius 3 is 2.32 bits per heavy atom. The fourth-order valence-electron chi connectivity index (χ4n) is 2.31. The number of ether oxygens (including phenoxy) is 2. The minimum absolute atomic E-state index is 0.0483. The lowest BCUT2D eigenvalue weighted by Gasteiger charge is -2.12. The first kappa shape index (κ1) is 18.8. The smallest absolute Gasteiger partial charge is 0.314 e. The highest BCUT2D eigenvalue weighted by Gasteiger charge is 2.13. The molecule has 0 amide bonds. The molecule has 0 aliphatic rings. The average Bonchev–Trinajstić information content (AvgIpc) is 2.62. The molecule has 2 rings (SSSR count). The maximum Gasteiger partial charge on any atom is 0.314 e. The molecule has 2 aromatic carbocycles. The molecule has 1 atom stereocenters. The third kappa shape index (κ3) is 4.97. The van der Waals surface area contributed by atoms with Crippen LogP contribution in [-0.2, 0) is 18.0 Å². The van der Waals surface area contributed by atoms with Crippen LogP contribution in [0.4, 0.5) is 0 Å². The largest absolute Gasteiger partial charge is 0.507 e. The summed E-state index contributed by atoms with van der Waals surface area (Å²) >= 11 is 0. The number of carbonyl (C=O) groups excluding carboxylic acids is 1. The lowest BCUT2D eigenvalue weighted by atomic mass is 10.1. The summed E-state index contributed by atoms with van der Waals surface area (Å²) in [4.78, 5) is 11.8. The number of benzene rings is 2. The van der Waals surface area contributed by atoms with E-state index in [0.29, 0.717) is 22.6 Å². The second-order valence-electron chi connectivity index (χ2n) is 6.08. The number of carbonyl (C=O) groups is 1. The van der Waals surface area contributed by atoms with E-state index in [9.17, 15) is 15.0 Å². The zero-order valence-electron chi connectivity index (χ0n) is 14.8. The third-order valence-corrected chi connectivity index (χ3v) is 4.03. The minimum Gasteiger partial charge on any atom is -0.507 e. The van der Waals surface area contributed by atoms with Crippen LogP contribution in [-0.4, -0.2) is 16.2 Å². The van der Waals surface area contributed by atoms with Gasteiger partial charge in [0.05, 0.1) is 12.5 Å². The molecule has 0 saturated heterocycles. The Balaban J connectivity index is 2.01. The number of aliphatic hydroxyl groups excluding tert-OH is 1. The van der Waals surface area contributed by atoms with E-state index in [4.69, 9.17) is 9.47 Å². The first-order valence-electron chi connectivity index (χ1n) is 8.31. The molecular formula is C20H24O5. The number of esters is 1. The number of aliphatic hydroxyl groups is 1. The van der Waals surface area contributed by atoms with Crippen LogP contribution in [0.25, 0.3) is 0 Å². The molecule has 2 aromatic rings. The summed E-state index contributed by atoms with van der Waals surface area (Å²) in [5.41, 5.74) is 2.02. The summed E-state index contributed by atoms with van der Waals surface area (Å²) in [5, 5.41) is 19.4. The van der Waals surface area contributed by atoms with Gasteiger partial charge in [0.25, 0.3) is 0 Å². The molecule has 0 saturated carbocycles. The Morgan fingerprint density at radius 2 is 1.72 bits per heavy atom. The predicted molar refractivity (Wildman–Crippen MR) is 94.6 cm³/mol. The van der Waals surface area contributed by atoms with Crippen molar-refractivity contribution in [2.24, 2.45) is 5.92 Å². The summed E-state index contributed by atoms with van der Waals surface area (Å²) in [7, 11) is 0. The maximum absolute atomic E-state index is 11.8. The van der Waals surface area contributed by atoms with Gasteiger partial charge in [-0.3, -0.25) is 4.79 Å². The fourth-order valence-corrected chi connectivity index (χ4v) is 2.31. The highest BCUT2D eigenvalue weighted by Crippen LogP contribution is 2.27. The van der Waals surface area contributed by atoms with Crippen LogP contribution in [0.3, 0.4) is 0 Å². The Labute approximate surface area is 147 Å². The summed E-state index contributed by atoms with van der Waals surface area (Å²) in [6.45, 7) is 5.60. The topological polar surface area (TPSA) is 76.0 Å². The Kier molecular flexibility index (Phi) is 6.42. The van der Waals surface area contributed by atoms with Crippen LogP contribution >= 0.6 is 0 Å². The summed E-state index contributed by atoms with van der Waals surface area (Å²) in [5.74, 6) is 0.721. The third-order valence-electron chi connectivity index (χ3n) is 4.03. The van der Waals surface area contributed by atoms with Gasteiger partial charge in [-0.1, -0.05) is 25.5 Å². The molecule has 0 bridgehead atoms. The number of hydrogen-bond acceptors (Lipinski definition) is 5. The van der Waals surface area contributed by atoms with Crippen LogP contribution < -0.4 is 9.47 Å². The van der Waals surface area contributed by atoms with Gasteiger partial charge in [-0.2, -0.15) is 0 Å². The molecule has 0 fully saturated rings. The van der Waals surface area contributed by atoms with Crippen molar-refractivity contribution >= 4 is 5.97 Å². The molecule has 0 heterocycles. The number of phenols is 1. The Morgan fingerprint density at radius 1 is 1.12 bits per heavy atom. The van der Waals surface area contributed by atoms with Crippen LogP contribution in [0.15, 0.2) is 36.4 Å². The van der Waals surface area contributed by atoms with Crippen molar-refractivity contribution in [3.05, 3.63) is 53.1 Å². The molecule has 2 N–H and O–H groups in total. The maximum atomic E-state index is 11.8. The van der Waals surface area contributed by atoms with Gasteiger partial charge in [0.2, 0.25) is 0 Å². The normalized spacial score (nSPS) is 11.8. The zero-order valence-corrected chi connectivity index (χ0v) is 14.8. The summed E-state index contributed by atoms with van der Waals surface area (Å²) in [6.07, 6.45) is 0.732. The van der Waals surface area contributed by atoms with Crippen LogP contribution in [0.5, 0.6) is 17.2 Å². The van der Waals surface area contributed by atoms with E-state index < -0.39 is 0 Å². The minimum atomic E-state index is -0.252. The van der Waals surface area contributed by atoms with Crippen molar-refractivity contribution < 1.29 is 24.5 Å². The van der Waals surface area contributed by atoms with E-state index >= 15 is 0 Å². The SMILES string of the molecule is CCC(C)C(=O)Oc1ccc(OCc2cc(C)cc(CO)c2O)cc1. The van der Waals surface area contributed by atoms with Gasteiger partial charge in [0.1, 0.15) is 23.9 Å². The molecule has 0 spiro atoms. The van der Waals surface area contributed by atoms with Crippen LogP contribution in [0.1, 0.15) is 37.0 Å². The van der Waals surface area contributed by atoms with Gasteiger partial charge in [-0.05, 0) is 43.7 Å². The molecule has 0 radical (unpaired) electrons. The fraction of sp³-hybridized carbons (Fsp3) is 0.350. The average molecular weight is 344 g/mol. The van der Waals surface area contributed by atoms with Gasteiger partial charge in [-0.15, -0.1) is 0 Å². The van der Waals surface area contributed by atoms with E-state index in [0.717, 1.165) is 12.0 Å². The lowest BCUT2D eigenvalue weighted by molar-refractivity contribution is -0.138. The Hall–Kier alpha value is -2.53. The van der Waals surface area contributed by atoms with E-state index in [1.165, 1.54) is 0 Å². The van der Waals surface area contributed by atoms with Crippen molar-refractivity contribution in [2.45, 2.75) is 40.4 Å². The summed E-state index contributed by atoms with van der Waals surface area (Å²) < 4.78 is 11.0. The predicted octanol–water partition coefficient (Wildman–Crippen LogP) is 3.72. The first-order chi connectivity index (χ1) is 11.9. The number of hydrogen-bond donors (Lipinski definition) is 2.